The summed E-state index contributed by atoms with van der Waals surface area (Å²) in [6.07, 6.45) is 11.2. The van der Waals surface area contributed by atoms with Gasteiger partial charge in [-0.05, 0) is 63.3 Å². The fraction of sp³-hybridized carbons (Fsp3) is 0.333. The molecule has 1 amide bonds. The molecule has 0 atom stereocenters. The van der Waals surface area contributed by atoms with Crippen molar-refractivity contribution in [3.63, 3.8) is 0 Å². The monoisotopic (exact) mass is 455 g/mol. The Balaban J connectivity index is 1.47. The number of carbonyl (C=O) groups excluding carboxylic acids is 1. The van der Waals surface area contributed by atoms with Crippen LogP contribution in [0, 0.1) is 12.4 Å². The number of carbonyl (C=O) groups is 1. The van der Waals surface area contributed by atoms with Crippen molar-refractivity contribution >= 4 is 28.4 Å². The van der Waals surface area contributed by atoms with E-state index in [2.05, 4.69) is 45.5 Å². The topological polar surface area (TPSA) is 87.1 Å². The van der Waals surface area contributed by atoms with Crippen molar-refractivity contribution in [2.24, 2.45) is 0 Å². The first-order valence-corrected chi connectivity index (χ1v) is 11.8. The Kier molecular flexibility index (Phi) is 5.89. The van der Waals surface area contributed by atoms with Gasteiger partial charge in [-0.15, -0.1) is 0 Å². The van der Waals surface area contributed by atoms with Gasteiger partial charge in [0.05, 0.1) is 29.2 Å². The molecule has 5 rings (SSSR count). The van der Waals surface area contributed by atoms with Gasteiger partial charge in [-0.3, -0.25) is 9.88 Å². The van der Waals surface area contributed by atoms with E-state index in [4.69, 9.17) is 10.5 Å². The quantitative estimate of drug-likeness (QED) is 0.379. The number of nitrogens with one attached hydrogen (secondary N) is 1. The average Bonchev–Trinajstić information content (AvgIpc) is 3.38. The molecule has 0 spiro atoms. The van der Waals surface area contributed by atoms with Gasteiger partial charge in [0.2, 0.25) is 0 Å². The first kappa shape index (κ1) is 21.9. The van der Waals surface area contributed by atoms with Crippen molar-refractivity contribution < 1.29 is 9.53 Å². The Labute approximate surface area is 199 Å². The van der Waals surface area contributed by atoms with Gasteiger partial charge < -0.3 is 15.0 Å². The maximum absolute atomic E-state index is 11.9. The van der Waals surface area contributed by atoms with Crippen molar-refractivity contribution in [1.29, 1.82) is 0 Å². The van der Waals surface area contributed by atoms with Gasteiger partial charge >= 0.3 is 6.09 Å². The molecule has 3 N–H and O–H groups in total. The molecule has 1 saturated carbocycles. The summed E-state index contributed by atoms with van der Waals surface area (Å²) in [5, 5.41) is 3.86. The van der Waals surface area contributed by atoms with Crippen molar-refractivity contribution in [3.8, 4) is 11.3 Å². The molecule has 0 saturated heterocycles. The molecule has 4 aromatic rings. The number of aromatic nitrogens is 3. The van der Waals surface area contributed by atoms with E-state index < -0.39 is 6.09 Å². The predicted octanol–water partition coefficient (Wildman–Crippen LogP) is 5.61. The molecule has 1 aliphatic carbocycles. The van der Waals surface area contributed by atoms with E-state index in [1.165, 1.54) is 17.5 Å². The number of rotatable bonds is 7. The molecular formula is C27H29N5O2. The lowest BCUT2D eigenvalue weighted by atomic mass is 9.92. The van der Waals surface area contributed by atoms with Crippen LogP contribution in [0.5, 0.6) is 0 Å². The van der Waals surface area contributed by atoms with Gasteiger partial charge in [-0.25, -0.2) is 4.79 Å². The van der Waals surface area contributed by atoms with Gasteiger partial charge in [0.1, 0.15) is 6.33 Å². The second-order valence-electron chi connectivity index (χ2n) is 9.14. The number of nitrogens with zero attached hydrogens (tertiary/aromatic N) is 3. The fourth-order valence-corrected chi connectivity index (χ4v) is 4.51. The lowest BCUT2D eigenvalue weighted by Gasteiger charge is -2.30. The maximum atomic E-state index is 11.9. The van der Waals surface area contributed by atoms with Crippen LogP contribution in [0.3, 0.4) is 0 Å². The van der Waals surface area contributed by atoms with Crippen LogP contribution in [-0.4, -0.2) is 26.3 Å². The Morgan fingerprint density at radius 3 is 2.68 bits per heavy atom. The first-order valence-electron chi connectivity index (χ1n) is 11.8. The third kappa shape index (κ3) is 4.32. The van der Waals surface area contributed by atoms with Crippen LogP contribution in [-0.2, 0) is 17.7 Å². The Morgan fingerprint density at radius 2 is 2.03 bits per heavy atom. The molecule has 0 radical (unpaired) electrons. The summed E-state index contributed by atoms with van der Waals surface area (Å²) in [5.41, 5.74) is 12.7. The zero-order valence-electron chi connectivity index (χ0n) is 19.5. The van der Waals surface area contributed by atoms with Gasteiger partial charge in [0, 0.05) is 35.4 Å². The molecule has 1 aliphatic rings. The highest BCUT2D eigenvalue weighted by Gasteiger charge is 2.27. The molecule has 174 valence electrons. The number of hydrogen-bond donors (Lipinski definition) is 2. The van der Waals surface area contributed by atoms with Crippen molar-refractivity contribution in [2.75, 3.05) is 11.1 Å². The second kappa shape index (κ2) is 9.14. The summed E-state index contributed by atoms with van der Waals surface area (Å²) < 4.78 is 9.51. The standard InChI is InChI=1S/C27H29N5O2/c1-18(2)34-27(33)30-21-9-7-20(8-10-21)26-25(28)23-11-6-19(12-14-31-15-13-29-17-31)16-24(23)32(26)22-4-3-5-22/h6-11,16-18,22H,3-5,12,14,28H2,1-2H3,(H,30,33). The van der Waals surface area contributed by atoms with Crippen LogP contribution in [0.25, 0.3) is 22.2 Å². The van der Waals surface area contributed by atoms with Crippen molar-refractivity contribution in [2.45, 2.75) is 58.2 Å². The molecule has 1 fully saturated rings. The number of amides is 1. The molecule has 0 aliphatic heterocycles. The first-order chi connectivity index (χ1) is 16.5. The van der Waals surface area contributed by atoms with Crippen molar-refractivity contribution in [1.82, 2.24) is 14.1 Å². The van der Waals surface area contributed by atoms with E-state index in [0.29, 0.717) is 11.7 Å². The van der Waals surface area contributed by atoms with Crippen molar-refractivity contribution in [3.05, 3.63) is 66.7 Å². The SMILES string of the molecule is CC(C)OC(=O)Nc1ccc(-c2c(N)c3ccc(CCn4c#cnc4)cc3n2C2CCC2)cc1. The highest BCUT2D eigenvalue weighted by molar-refractivity contribution is 6.01. The number of fused-ring (bicyclic) bond motifs is 1. The second-order valence-corrected chi connectivity index (χ2v) is 9.14. The maximum Gasteiger partial charge on any atom is 0.411 e. The minimum absolute atomic E-state index is 0.168. The summed E-state index contributed by atoms with van der Waals surface area (Å²) in [6, 6.07) is 14.8. The number of aryl methyl sites for hydroxylation is 2. The van der Waals surface area contributed by atoms with E-state index in [0.717, 1.165) is 48.1 Å². The van der Waals surface area contributed by atoms with Crippen LogP contribution in [0.15, 0.2) is 48.8 Å². The molecule has 2 aromatic carbocycles. The molecule has 0 unspecified atom stereocenters. The van der Waals surface area contributed by atoms with E-state index in [1.807, 2.05) is 42.7 Å². The number of benzene rings is 2. The Morgan fingerprint density at radius 1 is 1.24 bits per heavy atom. The Bertz CT molecular complexity index is 1290. The van der Waals surface area contributed by atoms with Crippen LogP contribution >= 0.6 is 0 Å². The summed E-state index contributed by atoms with van der Waals surface area (Å²) in [5.74, 6) is 0. The molecule has 7 heteroatoms. The third-order valence-electron chi connectivity index (χ3n) is 6.39. The third-order valence-corrected chi connectivity index (χ3v) is 6.39. The van der Waals surface area contributed by atoms with Gasteiger partial charge in [-0.1, -0.05) is 24.3 Å². The summed E-state index contributed by atoms with van der Waals surface area (Å²) >= 11 is 0. The lowest BCUT2D eigenvalue weighted by Crippen LogP contribution is -2.18. The largest absolute Gasteiger partial charge is 0.447 e. The zero-order chi connectivity index (χ0) is 23.7. The number of ether oxygens (including phenoxy) is 1. The number of nitrogens with two attached hydrogens (primary N) is 1. The summed E-state index contributed by atoms with van der Waals surface area (Å²) in [7, 11) is 0. The number of hydrogen-bond acceptors (Lipinski definition) is 4. The molecule has 34 heavy (non-hydrogen) atoms. The van der Waals surface area contributed by atoms with Gasteiger partial charge in [0.25, 0.3) is 0 Å². The van der Waals surface area contributed by atoms with E-state index >= 15 is 0 Å². The number of nitrogen functional groups attached to an aromatic ring is 1. The van der Waals surface area contributed by atoms with E-state index in [9.17, 15) is 4.79 Å². The minimum atomic E-state index is -0.454. The molecular weight excluding hydrogens is 426 g/mol. The highest BCUT2D eigenvalue weighted by atomic mass is 16.6. The average molecular weight is 456 g/mol. The molecule has 7 nitrogen and oxygen atoms in total. The molecule has 2 heterocycles. The van der Waals surface area contributed by atoms with Gasteiger partial charge in [-0.2, -0.15) is 4.98 Å². The predicted molar refractivity (Wildman–Crippen MR) is 134 cm³/mol. The highest BCUT2D eigenvalue weighted by Crippen LogP contribution is 2.44. The van der Waals surface area contributed by atoms with Crippen LogP contribution < -0.4 is 11.1 Å². The molecule has 2 aromatic heterocycles. The number of anilines is 2. The lowest BCUT2D eigenvalue weighted by molar-refractivity contribution is 0.130. The fourth-order valence-electron chi connectivity index (χ4n) is 4.51. The van der Waals surface area contributed by atoms with Crippen LogP contribution in [0.1, 0.15) is 44.7 Å². The van der Waals surface area contributed by atoms with E-state index in [1.54, 1.807) is 6.33 Å². The van der Waals surface area contributed by atoms with Crippen LogP contribution in [0.2, 0.25) is 0 Å². The van der Waals surface area contributed by atoms with Crippen LogP contribution in [0.4, 0.5) is 16.2 Å². The van der Waals surface area contributed by atoms with E-state index in [-0.39, 0.29) is 6.10 Å². The normalized spacial score (nSPS) is 13.6. The molecule has 0 bridgehead atoms. The van der Waals surface area contributed by atoms with Gasteiger partial charge in [0.15, 0.2) is 0 Å². The minimum Gasteiger partial charge on any atom is -0.447 e. The Hall–Kier alpha value is -3.92. The smallest absolute Gasteiger partial charge is 0.411 e. The zero-order valence-corrected chi connectivity index (χ0v) is 19.5. The summed E-state index contributed by atoms with van der Waals surface area (Å²) in [4.78, 5) is 15.9. The summed E-state index contributed by atoms with van der Waals surface area (Å²) in [6.45, 7) is 4.46.